The first kappa shape index (κ1) is 15.1. The zero-order valence-electron chi connectivity index (χ0n) is 11.8. The van der Waals surface area contributed by atoms with Crippen molar-refractivity contribution in [1.82, 2.24) is 10.1 Å². The standard InChI is InChI=1S/C13H25N3O2/c1-10(2)16(11(3)4)5-6-17-9-13-7-12(8-14)15-18-13/h7,10-11H,5-6,8-9,14H2,1-4H3. The lowest BCUT2D eigenvalue weighted by molar-refractivity contribution is 0.0596. The van der Waals surface area contributed by atoms with Crippen molar-refractivity contribution < 1.29 is 9.26 Å². The lowest BCUT2D eigenvalue weighted by Crippen LogP contribution is -2.39. The Kier molecular flexibility index (Phi) is 6.32. The van der Waals surface area contributed by atoms with Gasteiger partial charge in [0, 0.05) is 31.2 Å². The van der Waals surface area contributed by atoms with E-state index in [2.05, 4.69) is 37.8 Å². The van der Waals surface area contributed by atoms with Crippen molar-refractivity contribution in [2.24, 2.45) is 5.73 Å². The summed E-state index contributed by atoms with van der Waals surface area (Å²) in [5, 5.41) is 3.81. The fraction of sp³-hybridized carbons (Fsp3) is 0.769. The van der Waals surface area contributed by atoms with Crippen molar-refractivity contribution in [3.63, 3.8) is 0 Å². The van der Waals surface area contributed by atoms with Gasteiger partial charge in [0.1, 0.15) is 6.61 Å². The van der Waals surface area contributed by atoms with Crippen LogP contribution >= 0.6 is 0 Å². The summed E-state index contributed by atoms with van der Waals surface area (Å²) in [7, 11) is 0. The molecule has 1 aromatic rings. The molecule has 0 amide bonds. The Morgan fingerprint density at radius 3 is 2.50 bits per heavy atom. The Morgan fingerprint density at radius 1 is 1.33 bits per heavy atom. The molecule has 0 aliphatic rings. The summed E-state index contributed by atoms with van der Waals surface area (Å²) in [5.74, 6) is 0.732. The summed E-state index contributed by atoms with van der Waals surface area (Å²) in [6.07, 6.45) is 0. The van der Waals surface area contributed by atoms with E-state index in [0.717, 1.165) is 18.0 Å². The molecular weight excluding hydrogens is 230 g/mol. The third-order valence-corrected chi connectivity index (χ3v) is 2.88. The second-order valence-electron chi connectivity index (χ2n) is 4.97. The molecule has 0 bridgehead atoms. The SMILES string of the molecule is CC(C)N(CCOCc1cc(CN)no1)C(C)C. The summed E-state index contributed by atoms with van der Waals surface area (Å²) in [5.41, 5.74) is 6.22. The molecule has 18 heavy (non-hydrogen) atoms. The van der Waals surface area contributed by atoms with Crippen molar-refractivity contribution in [3.05, 3.63) is 17.5 Å². The first-order chi connectivity index (χ1) is 8.54. The van der Waals surface area contributed by atoms with Crippen molar-refractivity contribution in [2.75, 3.05) is 13.2 Å². The largest absolute Gasteiger partial charge is 0.372 e. The fourth-order valence-corrected chi connectivity index (χ4v) is 1.98. The minimum atomic E-state index is 0.401. The number of nitrogens with two attached hydrogens (primary N) is 1. The molecule has 1 heterocycles. The van der Waals surface area contributed by atoms with Crippen molar-refractivity contribution in [3.8, 4) is 0 Å². The molecule has 5 nitrogen and oxygen atoms in total. The zero-order valence-corrected chi connectivity index (χ0v) is 11.8. The number of hydrogen-bond acceptors (Lipinski definition) is 5. The zero-order chi connectivity index (χ0) is 13.5. The summed E-state index contributed by atoms with van der Waals surface area (Å²) in [4.78, 5) is 2.39. The molecule has 0 aliphatic heterocycles. The first-order valence-corrected chi connectivity index (χ1v) is 6.52. The van der Waals surface area contributed by atoms with Crippen LogP contribution in [0, 0.1) is 0 Å². The molecule has 0 aliphatic carbocycles. The minimum Gasteiger partial charge on any atom is -0.372 e. The number of nitrogens with zero attached hydrogens (tertiary/aromatic N) is 2. The van der Waals surface area contributed by atoms with E-state index in [-0.39, 0.29) is 0 Å². The number of rotatable bonds is 8. The van der Waals surface area contributed by atoms with E-state index in [4.69, 9.17) is 15.0 Å². The van der Waals surface area contributed by atoms with Gasteiger partial charge < -0.3 is 15.0 Å². The van der Waals surface area contributed by atoms with Crippen LogP contribution in [0.25, 0.3) is 0 Å². The van der Waals surface area contributed by atoms with Crippen LogP contribution < -0.4 is 5.73 Å². The average Bonchev–Trinajstić information content (AvgIpc) is 2.75. The molecule has 0 saturated carbocycles. The summed E-state index contributed by atoms with van der Waals surface area (Å²) < 4.78 is 10.7. The monoisotopic (exact) mass is 255 g/mol. The molecule has 0 aromatic carbocycles. The van der Waals surface area contributed by atoms with Gasteiger partial charge in [-0.1, -0.05) is 5.16 Å². The Labute approximate surface area is 109 Å². The third kappa shape index (κ3) is 4.76. The second kappa shape index (κ2) is 7.51. The van der Waals surface area contributed by atoms with E-state index in [9.17, 15) is 0 Å². The smallest absolute Gasteiger partial charge is 0.162 e. The van der Waals surface area contributed by atoms with Gasteiger partial charge >= 0.3 is 0 Å². The van der Waals surface area contributed by atoms with E-state index in [1.165, 1.54) is 0 Å². The van der Waals surface area contributed by atoms with Gasteiger partial charge in [-0.05, 0) is 27.7 Å². The molecule has 1 rings (SSSR count). The molecule has 2 N–H and O–H groups in total. The fourth-order valence-electron chi connectivity index (χ4n) is 1.98. The van der Waals surface area contributed by atoms with Crippen molar-refractivity contribution >= 4 is 0 Å². The van der Waals surface area contributed by atoms with Crippen LogP contribution in [-0.2, 0) is 17.9 Å². The Morgan fingerprint density at radius 2 is 2.00 bits per heavy atom. The van der Waals surface area contributed by atoms with Gasteiger partial charge in [0.15, 0.2) is 5.76 Å². The van der Waals surface area contributed by atoms with Gasteiger partial charge in [-0.2, -0.15) is 0 Å². The summed E-state index contributed by atoms with van der Waals surface area (Å²) in [6.45, 7) is 11.3. The maximum Gasteiger partial charge on any atom is 0.162 e. The molecular formula is C13H25N3O2. The highest BCUT2D eigenvalue weighted by molar-refractivity contribution is 5.03. The molecule has 0 radical (unpaired) electrons. The van der Waals surface area contributed by atoms with Gasteiger partial charge in [-0.3, -0.25) is 4.90 Å². The van der Waals surface area contributed by atoms with E-state index >= 15 is 0 Å². The van der Waals surface area contributed by atoms with Crippen LogP contribution in [0.3, 0.4) is 0 Å². The molecule has 1 aromatic heterocycles. The van der Waals surface area contributed by atoms with Gasteiger partial charge in [0.25, 0.3) is 0 Å². The Balaban J connectivity index is 2.25. The van der Waals surface area contributed by atoms with Crippen LogP contribution in [0.2, 0.25) is 0 Å². The number of ether oxygens (including phenoxy) is 1. The predicted octanol–water partition coefficient (Wildman–Crippen LogP) is 1.77. The van der Waals surface area contributed by atoms with Crippen LogP contribution in [0.15, 0.2) is 10.6 Å². The predicted molar refractivity (Wildman–Crippen MR) is 71.0 cm³/mol. The van der Waals surface area contributed by atoms with Gasteiger partial charge in [0.2, 0.25) is 0 Å². The normalized spacial score (nSPS) is 12.0. The molecule has 0 spiro atoms. The Hall–Kier alpha value is -0.910. The van der Waals surface area contributed by atoms with Crippen LogP contribution in [0.1, 0.15) is 39.1 Å². The third-order valence-electron chi connectivity index (χ3n) is 2.88. The highest BCUT2D eigenvalue weighted by Gasteiger charge is 2.12. The number of aromatic nitrogens is 1. The van der Waals surface area contributed by atoms with Crippen LogP contribution in [0.5, 0.6) is 0 Å². The Bertz CT molecular complexity index is 329. The van der Waals surface area contributed by atoms with Crippen molar-refractivity contribution in [2.45, 2.75) is 52.9 Å². The summed E-state index contributed by atoms with van der Waals surface area (Å²) in [6, 6.07) is 2.90. The van der Waals surface area contributed by atoms with Gasteiger partial charge in [0.05, 0.1) is 12.3 Å². The van der Waals surface area contributed by atoms with Crippen LogP contribution in [-0.4, -0.2) is 35.3 Å². The molecule has 104 valence electrons. The first-order valence-electron chi connectivity index (χ1n) is 6.52. The molecule has 5 heteroatoms. The highest BCUT2D eigenvalue weighted by atomic mass is 16.5. The second-order valence-corrected chi connectivity index (χ2v) is 4.97. The summed E-state index contributed by atoms with van der Waals surface area (Å²) >= 11 is 0. The maximum atomic E-state index is 5.59. The molecule has 0 atom stereocenters. The van der Waals surface area contributed by atoms with E-state index < -0.39 is 0 Å². The highest BCUT2D eigenvalue weighted by Crippen LogP contribution is 2.06. The lowest BCUT2D eigenvalue weighted by atomic mass is 10.2. The average molecular weight is 255 g/mol. The maximum absolute atomic E-state index is 5.59. The number of hydrogen-bond donors (Lipinski definition) is 1. The van der Waals surface area contributed by atoms with E-state index in [0.29, 0.717) is 31.8 Å². The van der Waals surface area contributed by atoms with Crippen LogP contribution in [0.4, 0.5) is 0 Å². The topological polar surface area (TPSA) is 64.5 Å². The molecule has 0 unspecified atom stereocenters. The van der Waals surface area contributed by atoms with E-state index in [1.54, 1.807) is 0 Å². The van der Waals surface area contributed by atoms with Gasteiger partial charge in [-0.15, -0.1) is 0 Å². The quantitative estimate of drug-likeness (QED) is 0.717. The van der Waals surface area contributed by atoms with Crippen molar-refractivity contribution in [1.29, 1.82) is 0 Å². The molecule has 0 saturated heterocycles. The molecule has 0 fully saturated rings. The minimum absolute atomic E-state index is 0.401. The lowest BCUT2D eigenvalue weighted by Gasteiger charge is -2.30. The van der Waals surface area contributed by atoms with E-state index in [1.807, 2.05) is 6.07 Å². The van der Waals surface area contributed by atoms with Gasteiger partial charge in [-0.25, -0.2) is 0 Å².